The van der Waals surface area contributed by atoms with Crippen LogP contribution in [0.5, 0.6) is 0 Å². The molecule has 0 bridgehead atoms. The summed E-state index contributed by atoms with van der Waals surface area (Å²) in [5, 5.41) is 11.4. The Balaban J connectivity index is 1.57. The van der Waals surface area contributed by atoms with Gasteiger partial charge in [-0.15, -0.1) is 0 Å². The highest BCUT2D eigenvalue weighted by Gasteiger charge is 2.74. The van der Waals surface area contributed by atoms with E-state index in [0.717, 1.165) is 6.08 Å². The molecule has 1 aromatic heterocycles. The van der Waals surface area contributed by atoms with Crippen LogP contribution >= 0.6 is 0 Å². The van der Waals surface area contributed by atoms with Crippen LogP contribution in [-0.2, 0) is 9.53 Å². The molecule has 184 valence electrons. The third-order valence-corrected chi connectivity index (χ3v) is 9.12. The van der Waals surface area contributed by atoms with Gasteiger partial charge in [-0.3, -0.25) is 9.18 Å². The molecule has 8 heteroatoms. The number of alkyl halides is 3. The number of halogens is 3. The van der Waals surface area contributed by atoms with E-state index in [1.54, 1.807) is 6.07 Å². The lowest BCUT2D eigenvalue weighted by atomic mass is 9.44. The second-order valence-electron chi connectivity index (χ2n) is 10.6. The predicted molar refractivity (Wildman–Crippen MR) is 116 cm³/mol. The Kier molecular flexibility index (Phi) is 5.39. The quantitative estimate of drug-likeness (QED) is 0.635. The van der Waals surface area contributed by atoms with Gasteiger partial charge in [0.15, 0.2) is 11.5 Å². The molecule has 34 heavy (non-hydrogen) atoms. The topological polar surface area (TPSA) is 76.7 Å². The smallest absolute Gasteiger partial charge is 0.374 e. The van der Waals surface area contributed by atoms with Crippen LogP contribution in [0.3, 0.4) is 0 Å². The van der Waals surface area contributed by atoms with Crippen LogP contribution in [0.1, 0.15) is 50.1 Å². The summed E-state index contributed by atoms with van der Waals surface area (Å²) in [5.41, 5.74) is -4.75. The number of aliphatic hydroxyl groups is 1. The molecule has 3 fully saturated rings. The van der Waals surface area contributed by atoms with E-state index in [1.165, 1.54) is 31.4 Å². The van der Waals surface area contributed by atoms with Crippen LogP contribution in [0, 0.1) is 28.6 Å². The summed E-state index contributed by atoms with van der Waals surface area (Å²) in [4.78, 5) is 24.7. The van der Waals surface area contributed by atoms with Crippen LogP contribution in [0.25, 0.3) is 0 Å². The maximum atomic E-state index is 17.2. The van der Waals surface area contributed by atoms with Gasteiger partial charge in [0.25, 0.3) is 0 Å². The van der Waals surface area contributed by atoms with Crippen LogP contribution in [0.2, 0.25) is 0 Å². The molecule has 1 heterocycles. The van der Waals surface area contributed by atoms with E-state index in [1.807, 2.05) is 6.92 Å². The monoisotopic (exact) mass is 478 g/mol. The third kappa shape index (κ3) is 2.96. The number of hydrogen-bond acceptors (Lipinski definition) is 5. The van der Waals surface area contributed by atoms with Crippen LogP contribution in [-0.4, -0.2) is 47.6 Å². The molecule has 1 N–H and O–H groups in total. The van der Waals surface area contributed by atoms with E-state index in [9.17, 15) is 19.1 Å². The van der Waals surface area contributed by atoms with Gasteiger partial charge < -0.3 is 14.3 Å². The standard InChI is InChI=1S/C26H29F3O5/c1-14-10-16-17-12-19(28)18-11-15(30)5-6-24(18,2)26(17,29)21(31)13-25(16,7-8-27)22(14)34-23(32)20-4-3-9-33-20/h3-6,9,11,14,16-17,19,21-22,31H,7-8,10,12-13H2,1-2H3/t14?,16-,17-,19?,21?,22?,24-,25+,26-/m0/s1. The van der Waals surface area contributed by atoms with Crippen LogP contribution in [0.4, 0.5) is 13.2 Å². The molecule has 0 spiro atoms. The fourth-order valence-corrected chi connectivity index (χ4v) is 7.70. The first kappa shape index (κ1) is 23.4. The molecular formula is C26H29F3O5. The van der Waals surface area contributed by atoms with Gasteiger partial charge in [0.1, 0.15) is 12.3 Å². The number of rotatable bonds is 4. The highest BCUT2D eigenvalue weighted by molar-refractivity contribution is 6.01. The van der Waals surface area contributed by atoms with Crippen molar-refractivity contribution in [2.24, 2.45) is 28.6 Å². The largest absolute Gasteiger partial charge is 0.457 e. The number of aliphatic hydroxyl groups excluding tert-OH is 1. The molecule has 4 aliphatic rings. The maximum Gasteiger partial charge on any atom is 0.374 e. The lowest BCUT2D eigenvalue weighted by molar-refractivity contribution is -0.213. The summed E-state index contributed by atoms with van der Waals surface area (Å²) >= 11 is 0. The maximum absolute atomic E-state index is 17.2. The number of carbonyl (C=O) groups excluding carboxylic acids is 2. The first-order chi connectivity index (χ1) is 16.1. The van der Waals surface area contributed by atoms with E-state index < -0.39 is 65.1 Å². The van der Waals surface area contributed by atoms with Crippen molar-refractivity contribution in [3.8, 4) is 0 Å². The number of ether oxygens (including phenoxy) is 1. The average molecular weight is 479 g/mol. The highest BCUT2D eigenvalue weighted by Crippen LogP contribution is 2.70. The lowest BCUT2D eigenvalue weighted by Crippen LogP contribution is -2.69. The van der Waals surface area contributed by atoms with E-state index in [-0.39, 0.29) is 36.5 Å². The van der Waals surface area contributed by atoms with E-state index in [2.05, 4.69) is 0 Å². The van der Waals surface area contributed by atoms with E-state index >= 15 is 8.78 Å². The van der Waals surface area contributed by atoms with E-state index in [0.29, 0.717) is 6.42 Å². The summed E-state index contributed by atoms with van der Waals surface area (Å²) in [6.45, 7) is 2.64. The van der Waals surface area contributed by atoms with Crippen molar-refractivity contribution in [1.29, 1.82) is 0 Å². The summed E-state index contributed by atoms with van der Waals surface area (Å²) in [6.07, 6.45) is 1.19. The average Bonchev–Trinajstić information content (AvgIpc) is 3.41. The second-order valence-corrected chi connectivity index (χ2v) is 10.6. The van der Waals surface area contributed by atoms with Crippen molar-refractivity contribution >= 4 is 11.8 Å². The molecule has 0 amide bonds. The van der Waals surface area contributed by atoms with Gasteiger partial charge in [-0.25, -0.2) is 13.6 Å². The molecule has 5 rings (SSSR count). The summed E-state index contributed by atoms with van der Waals surface area (Å²) in [5.74, 6) is -2.81. The molecule has 0 aromatic carbocycles. The Labute approximate surface area is 196 Å². The fraction of sp³-hybridized carbons (Fsp3) is 0.615. The lowest BCUT2D eigenvalue weighted by Gasteiger charge is -2.62. The summed E-state index contributed by atoms with van der Waals surface area (Å²) in [7, 11) is 0. The van der Waals surface area contributed by atoms with Crippen LogP contribution < -0.4 is 0 Å². The molecule has 1 aromatic rings. The Morgan fingerprint density at radius 3 is 2.76 bits per heavy atom. The Hall–Kier alpha value is -2.35. The number of furan rings is 1. The zero-order chi connectivity index (χ0) is 24.5. The molecule has 5 nitrogen and oxygen atoms in total. The summed E-state index contributed by atoms with van der Waals surface area (Å²) in [6, 6.07) is 3.01. The van der Waals surface area contributed by atoms with Crippen molar-refractivity contribution < 1.29 is 37.0 Å². The summed E-state index contributed by atoms with van der Waals surface area (Å²) < 4.78 is 57.6. The first-order valence-electron chi connectivity index (χ1n) is 11.8. The number of hydrogen-bond donors (Lipinski definition) is 1. The molecule has 4 unspecified atom stereocenters. The fourth-order valence-electron chi connectivity index (χ4n) is 7.70. The zero-order valence-electron chi connectivity index (χ0n) is 19.2. The molecule has 3 saturated carbocycles. The highest BCUT2D eigenvalue weighted by atomic mass is 19.1. The van der Waals surface area contributed by atoms with Crippen molar-refractivity contribution in [2.75, 3.05) is 6.67 Å². The molecule has 4 aliphatic carbocycles. The number of ketones is 1. The predicted octanol–water partition coefficient (Wildman–Crippen LogP) is 4.71. The van der Waals surface area contributed by atoms with Crippen molar-refractivity contribution in [1.82, 2.24) is 0 Å². The van der Waals surface area contributed by atoms with Gasteiger partial charge in [-0.2, -0.15) is 0 Å². The first-order valence-corrected chi connectivity index (χ1v) is 11.8. The Bertz CT molecular complexity index is 1050. The van der Waals surface area contributed by atoms with Crippen molar-refractivity contribution in [2.45, 2.75) is 63.6 Å². The molecule has 9 atom stereocenters. The third-order valence-electron chi connectivity index (χ3n) is 9.12. The van der Waals surface area contributed by atoms with E-state index in [4.69, 9.17) is 9.15 Å². The molecule has 0 radical (unpaired) electrons. The number of allylic oxidation sites excluding steroid dienone is 4. The molecule has 0 saturated heterocycles. The SMILES string of the molecule is CC1C[C@H]2[C@@H]3CC(F)C4=CC(=O)C=C[C@]4(C)[C@@]3(F)C(O)C[C@@]2(CCF)C1OC(=O)c1ccco1. The van der Waals surface area contributed by atoms with Crippen molar-refractivity contribution in [3.05, 3.63) is 48.0 Å². The Morgan fingerprint density at radius 1 is 1.32 bits per heavy atom. The van der Waals surface area contributed by atoms with Gasteiger partial charge in [0, 0.05) is 16.7 Å². The van der Waals surface area contributed by atoms with Gasteiger partial charge >= 0.3 is 5.97 Å². The molecule has 0 aliphatic heterocycles. The van der Waals surface area contributed by atoms with Gasteiger partial charge in [0.05, 0.1) is 19.0 Å². The van der Waals surface area contributed by atoms with Crippen molar-refractivity contribution in [3.63, 3.8) is 0 Å². The second kappa shape index (κ2) is 7.83. The minimum absolute atomic E-state index is 0.00281. The van der Waals surface area contributed by atoms with Gasteiger partial charge in [-0.05, 0) is 74.3 Å². The minimum Gasteiger partial charge on any atom is -0.457 e. The van der Waals surface area contributed by atoms with Gasteiger partial charge in [0.2, 0.25) is 5.76 Å². The number of carbonyl (C=O) groups is 2. The number of esters is 1. The normalized spacial score (nSPS) is 45.2. The minimum atomic E-state index is -2.25. The van der Waals surface area contributed by atoms with Gasteiger partial charge in [-0.1, -0.05) is 13.0 Å². The number of fused-ring (bicyclic) bond motifs is 5. The zero-order valence-corrected chi connectivity index (χ0v) is 19.2. The Morgan fingerprint density at radius 2 is 2.09 bits per heavy atom. The van der Waals surface area contributed by atoms with Crippen LogP contribution in [0.15, 0.2) is 46.6 Å². The molecular weight excluding hydrogens is 449 g/mol.